The molecule has 188 valence electrons. The first kappa shape index (κ1) is 30.8. The molecule has 4 aromatic carbocycles. The van der Waals surface area contributed by atoms with Gasteiger partial charge in [0, 0.05) is 41.1 Å². The molecule has 2 unspecified atom stereocenters. The SMILES string of the molecule is COC(O)CC(O)OC.[Pd].[c-]1ccccc1.c1ccc([PH+](c2ccccc2)c2ccccc2)cc1. The first-order valence-corrected chi connectivity index (χ1v) is 12.5. The Kier molecular flexibility index (Phi) is 16.8. The number of hydrogen-bond acceptors (Lipinski definition) is 4. The Labute approximate surface area is 224 Å². The number of aliphatic hydroxyl groups is 2. The molecule has 0 radical (unpaired) electrons. The Bertz CT molecular complexity index is 863. The normalized spacial score (nSPS) is 11.6. The van der Waals surface area contributed by atoms with E-state index in [1.807, 2.05) is 30.3 Å². The van der Waals surface area contributed by atoms with Gasteiger partial charge in [-0.05, 0) is 36.4 Å². The van der Waals surface area contributed by atoms with Gasteiger partial charge in [-0.3, -0.25) is 0 Å². The second-order valence-electron chi connectivity index (χ2n) is 7.17. The average molecular weight is 583 g/mol. The van der Waals surface area contributed by atoms with Crippen LogP contribution < -0.4 is 15.9 Å². The van der Waals surface area contributed by atoms with Crippen LogP contribution in [-0.4, -0.2) is 37.0 Å². The van der Waals surface area contributed by atoms with Gasteiger partial charge in [-0.1, -0.05) is 54.6 Å². The molecule has 0 spiro atoms. The minimum Gasteiger partial charge on any atom is -0.368 e. The Morgan fingerprint density at radius 2 is 0.914 bits per heavy atom. The van der Waals surface area contributed by atoms with Gasteiger partial charge < -0.3 is 19.7 Å². The maximum absolute atomic E-state index is 8.70. The quantitative estimate of drug-likeness (QED) is 0.150. The van der Waals surface area contributed by atoms with Crippen LogP contribution in [0.3, 0.4) is 0 Å². The fourth-order valence-corrected chi connectivity index (χ4v) is 5.60. The summed E-state index contributed by atoms with van der Waals surface area (Å²) in [6.07, 6.45) is -1.81. The Hall–Kier alpha value is -2.19. The first-order valence-electron chi connectivity index (χ1n) is 11.0. The summed E-state index contributed by atoms with van der Waals surface area (Å²) in [5.74, 6) is 0. The van der Waals surface area contributed by atoms with Crippen LogP contribution in [0.25, 0.3) is 0 Å². The second-order valence-corrected chi connectivity index (χ2v) is 9.65. The van der Waals surface area contributed by atoms with Crippen LogP contribution in [0.1, 0.15) is 6.42 Å². The van der Waals surface area contributed by atoms with Crippen molar-refractivity contribution < 1.29 is 40.1 Å². The van der Waals surface area contributed by atoms with E-state index in [-0.39, 0.29) is 26.8 Å². The summed E-state index contributed by atoms with van der Waals surface area (Å²) in [4.78, 5) is 0. The molecule has 0 amide bonds. The fourth-order valence-electron chi connectivity index (χ4n) is 3.02. The van der Waals surface area contributed by atoms with E-state index in [0.717, 1.165) is 0 Å². The van der Waals surface area contributed by atoms with Crippen LogP contribution in [-0.2, 0) is 29.9 Å². The van der Waals surface area contributed by atoms with Crippen LogP contribution in [0.4, 0.5) is 0 Å². The van der Waals surface area contributed by atoms with Crippen LogP contribution in [0.2, 0.25) is 0 Å². The monoisotopic (exact) mass is 582 g/mol. The van der Waals surface area contributed by atoms with Crippen molar-refractivity contribution in [1.82, 2.24) is 0 Å². The summed E-state index contributed by atoms with van der Waals surface area (Å²) in [6, 6.07) is 45.0. The van der Waals surface area contributed by atoms with E-state index in [0.29, 0.717) is 0 Å². The third kappa shape index (κ3) is 12.4. The van der Waals surface area contributed by atoms with Crippen LogP contribution in [0.15, 0.2) is 121 Å². The first-order chi connectivity index (χ1) is 16.7. The predicted molar refractivity (Wildman–Crippen MR) is 142 cm³/mol. The van der Waals surface area contributed by atoms with E-state index >= 15 is 0 Å². The van der Waals surface area contributed by atoms with Gasteiger partial charge in [0.15, 0.2) is 12.6 Å². The molecule has 0 aliphatic rings. The van der Waals surface area contributed by atoms with Crippen molar-refractivity contribution in [2.45, 2.75) is 19.0 Å². The molecular formula is C29H33O4PPd. The summed E-state index contributed by atoms with van der Waals surface area (Å²) in [5, 5.41) is 21.7. The van der Waals surface area contributed by atoms with E-state index in [4.69, 9.17) is 10.2 Å². The number of aliphatic hydroxyl groups excluding tert-OH is 2. The molecular weight excluding hydrogens is 550 g/mol. The molecule has 0 aromatic heterocycles. The molecule has 6 heteroatoms. The van der Waals surface area contributed by atoms with Gasteiger partial charge >= 0.3 is 0 Å². The van der Waals surface area contributed by atoms with E-state index in [1.54, 1.807) is 0 Å². The van der Waals surface area contributed by atoms with Crippen molar-refractivity contribution in [3.8, 4) is 0 Å². The van der Waals surface area contributed by atoms with Gasteiger partial charge in [-0.25, -0.2) is 0 Å². The van der Waals surface area contributed by atoms with E-state index < -0.39 is 20.5 Å². The van der Waals surface area contributed by atoms with Crippen molar-refractivity contribution in [2.75, 3.05) is 14.2 Å². The van der Waals surface area contributed by atoms with E-state index in [1.165, 1.54) is 30.1 Å². The smallest absolute Gasteiger partial charge is 0.158 e. The zero-order valence-electron chi connectivity index (χ0n) is 19.9. The van der Waals surface area contributed by atoms with Gasteiger partial charge in [-0.15, -0.1) is 0 Å². The maximum Gasteiger partial charge on any atom is 0.158 e. The third-order valence-electron chi connectivity index (χ3n) is 4.74. The third-order valence-corrected chi connectivity index (χ3v) is 7.47. The minimum atomic E-state index is -0.944. The Morgan fingerprint density at radius 1 is 0.600 bits per heavy atom. The van der Waals surface area contributed by atoms with Crippen molar-refractivity contribution in [1.29, 1.82) is 0 Å². The second kappa shape index (κ2) is 19.1. The maximum atomic E-state index is 8.70. The van der Waals surface area contributed by atoms with Gasteiger partial charge in [0.25, 0.3) is 0 Å². The van der Waals surface area contributed by atoms with E-state index in [2.05, 4.69) is 107 Å². The molecule has 0 bridgehead atoms. The summed E-state index contributed by atoms with van der Waals surface area (Å²) in [5.41, 5.74) is 0. The number of benzene rings is 4. The van der Waals surface area contributed by atoms with Gasteiger partial charge in [0.2, 0.25) is 0 Å². The number of ether oxygens (including phenoxy) is 2. The summed E-state index contributed by atoms with van der Waals surface area (Å²) in [7, 11) is 1.83. The average Bonchev–Trinajstić information content (AvgIpc) is 2.92. The topological polar surface area (TPSA) is 58.9 Å². The molecule has 4 aromatic rings. The molecule has 0 fully saturated rings. The fraction of sp³-hybridized carbons (Fsp3) is 0.172. The number of rotatable bonds is 7. The zero-order valence-corrected chi connectivity index (χ0v) is 22.5. The summed E-state index contributed by atoms with van der Waals surface area (Å²) >= 11 is 0. The summed E-state index contributed by atoms with van der Waals surface area (Å²) < 4.78 is 8.88. The molecule has 0 aliphatic carbocycles. The molecule has 0 heterocycles. The number of methoxy groups -OCH3 is 2. The Morgan fingerprint density at radius 3 is 1.14 bits per heavy atom. The van der Waals surface area contributed by atoms with Gasteiger partial charge in [0.1, 0.15) is 15.9 Å². The van der Waals surface area contributed by atoms with Crippen molar-refractivity contribution in [3.63, 3.8) is 0 Å². The van der Waals surface area contributed by atoms with Crippen molar-refractivity contribution >= 4 is 23.8 Å². The molecule has 0 saturated carbocycles. The van der Waals surface area contributed by atoms with Gasteiger partial charge in [-0.2, -0.15) is 36.4 Å². The summed E-state index contributed by atoms with van der Waals surface area (Å²) in [6.45, 7) is 0. The minimum absolute atomic E-state index is 0. The van der Waals surface area contributed by atoms with Crippen molar-refractivity contribution in [2.24, 2.45) is 0 Å². The van der Waals surface area contributed by atoms with Crippen LogP contribution >= 0.6 is 7.92 Å². The predicted octanol–water partition coefficient (Wildman–Crippen LogP) is 3.97. The molecule has 2 atom stereocenters. The Balaban J connectivity index is 0.000000320. The van der Waals surface area contributed by atoms with Crippen molar-refractivity contribution in [3.05, 3.63) is 127 Å². The van der Waals surface area contributed by atoms with E-state index in [9.17, 15) is 0 Å². The zero-order chi connectivity index (χ0) is 24.4. The molecule has 4 rings (SSSR count). The molecule has 35 heavy (non-hydrogen) atoms. The molecule has 0 saturated heterocycles. The standard InChI is InChI=1S/C18H15P.C6H5.C5H12O4.Pd/c1-4-10-16(11-5-1)19(17-12-6-2-7-13-17)18-14-8-3-9-15-18;1-2-4-6-5-3-1;1-8-4(6)3-5(7)9-2;/h1-15H;1-5H;4-7H,3H2,1-2H3;/q;-1;;/p+1. The van der Waals surface area contributed by atoms with Crippen LogP contribution in [0.5, 0.6) is 0 Å². The van der Waals surface area contributed by atoms with Gasteiger partial charge in [0.05, 0.1) is 7.92 Å². The van der Waals surface area contributed by atoms with Crippen LogP contribution in [0, 0.1) is 6.07 Å². The molecule has 0 aliphatic heterocycles. The molecule has 2 N–H and O–H groups in total. The largest absolute Gasteiger partial charge is 0.368 e. The number of hydrogen-bond donors (Lipinski definition) is 2. The molecule has 4 nitrogen and oxygen atoms in total.